The summed E-state index contributed by atoms with van der Waals surface area (Å²) in [5, 5.41) is 3.30. The van der Waals surface area contributed by atoms with E-state index in [1.165, 1.54) is 6.07 Å². The number of hydrogen-bond acceptors (Lipinski definition) is 3. The van der Waals surface area contributed by atoms with Gasteiger partial charge in [-0.25, -0.2) is 4.39 Å². The van der Waals surface area contributed by atoms with Gasteiger partial charge in [0.15, 0.2) is 0 Å². The van der Waals surface area contributed by atoms with Gasteiger partial charge in [0.2, 0.25) is 0 Å². The fourth-order valence-corrected chi connectivity index (χ4v) is 2.24. The van der Waals surface area contributed by atoms with Crippen molar-refractivity contribution in [3.8, 4) is 5.75 Å². The zero-order valence-electron chi connectivity index (χ0n) is 11.2. The van der Waals surface area contributed by atoms with Crippen molar-refractivity contribution in [3.05, 3.63) is 29.6 Å². The summed E-state index contributed by atoms with van der Waals surface area (Å²) >= 11 is 0. The summed E-state index contributed by atoms with van der Waals surface area (Å²) in [6.07, 6.45) is 0. The van der Waals surface area contributed by atoms with Crippen LogP contribution in [0.3, 0.4) is 0 Å². The molecule has 1 heterocycles. The molecule has 19 heavy (non-hydrogen) atoms. The van der Waals surface area contributed by atoms with E-state index in [2.05, 4.69) is 10.2 Å². The lowest BCUT2D eigenvalue weighted by molar-refractivity contribution is 0.182. The fraction of sp³-hybridized carbons (Fsp3) is 0.538. The highest BCUT2D eigenvalue weighted by molar-refractivity contribution is 5.85. The van der Waals surface area contributed by atoms with Gasteiger partial charge in [-0.15, -0.1) is 24.8 Å². The van der Waals surface area contributed by atoms with E-state index in [4.69, 9.17) is 4.74 Å². The van der Waals surface area contributed by atoms with Gasteiger partial charge in [0.25, 0.3) is 0 Å². The number of methoxy groups -OCH3 is 1. The Morgan fingerprint density at radius 2 is 1.89 bits per heavy atom. The van der Waals surface area contributed by atoms with E-state index in [9.17, 15) is 4.39 Å². The highest BCUT2D eigenvalue weighted by Crippen LogP contribution is 2.26. The van der Waals surface area contributed by atoms with E-state index in [1.807, 2.05) is 6.92 Å². The molecule has 1 atom stereocenters. The largest absolute Gasteiger partial charge is 0.497 e. The Hall–Kier alpha value is -0.550. The molecule has 110 valence electrons. The minimum absolute atomic E-state index is 0. The first-order valence-electron chi connectivity index (χ1n) is 6.00. The normalized spacial score (nSPS) is 17.0. The van der Waals surface area contributed by atoms with Gasteiger partial charge in [0, 0.05) is 37.8 Å². The zero-order valence-corrected chi connectivity index (χ0v) is 12.8. The highest BCUT2D eigenvalue weighted by Gasteiger charge is 2.20. The monoisotopic (exact) mass is 310 g/mol. The molecule has 1 aromatic carbocycles. The van der Waals surface area contributed by atoms with Crippen molar-refractivity contribution >= 4 is 24.8 Å². The van der Waals surface area contributed by atoms with Crippen LogP contribution in [-0.2, 0) is 0 Å². The molecule has 0 amide bonds. The quantitative estimate of drug-likeness (QED) is 0.929. The van der Waals surface area contributed by atoms with Crippen LogP contribution < -0.4 is 10.1 Å². The molecule has 0 radical (unpaired) electrons. The molecule has 2 rings (SSSR count). The van der Waals surface area contributed by atoms with Gasteiger partial charge in [0.05, 0.1) is 7.11 Å². The lowest BCUT2D eigenvalue weighted by Gasteiger charge is -2.33. The van der Waals surface area contributed by atoms with Gasteiger partial charge in [-0.2, -0.15) is 0 Å². The number of nitrogens with one attached hydrogen (secondary N) is 1. The van der Waals surface area contributed by atoms with E-state index in [-0.39, 0.29) is 36.7 Å². The maximum Gasteiger partial charge on any atom is 0.128 e. The van der Waals surface area contributed by atoms with Crippen LogP contribution in [0.1, 0.15) is 18.5 Å². The highest BCUT2D eigenvalue weighted by atomic mass is 35.5. The Morgan fingerprint density at radius 3 is 2.47 bits per heavy atom. The first kappa shape index (κ1) is 18.4. The summed E-state index contributed by atoms with van der Waals surface area (Å²) in [6, 6.07) is 5.02. The SMILES string of the molecule is COc1ccc(F)c([C@@H](C)N2CCNCC2)c1.Cl.Cl. The third kappa shape index (κ3) is 4.49. The molecule has 6 heteroatoms. The van der Waals surface area contributed by atoms with Crippen LogP contribution in [0.15, 0.2) is 18.2 Å². The number of benzene rings is 1. The van der Waals surface area contributed by atoms with Gasteiger partial charge in [-0.3, -0.25) is 4.90 Å². The minimum atomic E-state index is -0.156. The molecule has 0 unspecified atom stereocenters. The van der Waals surface area contributed by atoms with Gasteiger partial charge in [-0.1, -0.05) is 0 Å². The second-order valence-corrected chi connectivity index (χ2v) is 4.35. The van der Waals surface area contributed by atoms with Crippen molar-refractivity contribution in [2.45, 2.75) is 13.0 Å². The van der Waals surface area contributed by atoms with Crippen LogP contribution >= 0.6 is 24.8 Å². The molecule has 0 bridgehead atoms. The lowest BCUT2D eigenvalue weighted by atomic mass is 10.1. The number of hydrogen-bond donors (Lipinski definition) is 1. The third-order valence-corrected chi connectivity index (χ3v) is 3.35. The predicted octanol–water partition coefficient (Wildman–Crippen LogP) is 2.64. The van der Waals surface area contributed by atoms with Crippen molar-refractivity contribution < 1.29 is 9.13 Å². The Kier molecular flexibility index (Phi) is 8.34. The van der Waals surface area contributed by atoms with Crippen LogP contribution in [0.2, 0.25) is 0 Å². The summed E-state index contributed by atoms with van der Waals surface area (Å²) in [7, 11) is 1.60. The van der Waals surface area contributed by atoms with Crippen LogP contribution in [0, 0.1) is 5.82 Å². The molecule has 1 aliphatic rings. The van der Waals surface area contributed by atoms with Crippen LogP contribution in [0.5, 0.6) is 5.75 Å². The smallest absolute Gasteiger partial charge is 0.128 e. The van der Waals surface area contributed by atoms with Crippen molar-refractivity contribution in [2.24, 2.45) is 0 Å². The number of halogens is 3. The van der Waals surface area contributed by atoms with Crippen LogP contribution in [0.4, 0.5) is 4.39 Å². The Bertz CT molecular complexity index is 387. The number of nitrogens with zero attached hydrogens (tertiary/aromatic N) is 1. The van der Waals surface area contributed by atoms with Gasteiger partial charge in [-0.05, 0) is 25.1 Å². The average molecular weight is 311 g/mol. The second kappa shape index (κ2) is 8.59. The maximum absolute atomic E-state index is 13.8. The Morgan fingerprint density at radius 1 is 1.26 bits per heavy atom. The van der Waals surface area contributed by atoms with E-state index in [0.717, 1.165) is 26.2 Å². The number of piperazine rings is 1. The molecule has 1 aromatic rings. The molecule has 1 fully saturated rings. The second-order valence-electron chi connectivity index (χ2n) is 4.35. The molecule has 0 aromatic heterocycles. The average Bonchev–Trinajstić information content (AvgIpc) is 2.39. The molecule has 1 N–H and O–H groups in total. The van der Waals surface area contributed by atoms with Gasteiger partial charge < -0.3 is 10.1 Å². The van der Waals surface area contributed by atoms with Crippen molar-refractivity contribution in [2.75, 3.05) is 33.3 Å². The predicted molar refractivity (Wildman–Crippen MR) is 80.3 cm³/mol. The first-order chi connectivity index (χ1) is 8.22. The Balaban J connectivity index is 0.00000162. The topological polar surface area (TPSA) is 24.5 Å². The molecular formula is C13H21Cl2FN2O. The summed E-state index contributed by atoms with van der Waals surface area (Å²) < 4.78 is 19.0. The summed E-state index contributed by atoms with van der Waals surface area (Å²) in [6.45, 7) is 5.89. The summed E-state index contributed by atoms with van der Waals surface area (Å²) in [5.41, 5.74) is 0.714. The molecule has 0 aliphatic carbocycles. The summed E-state index contributed by atoms with van der Waals surface area (Å²) in [5.74, 6) is 0.556. The standard InChI is InChI=1S/C13H19FN2O.2ClH/c1-10(16-7-5-15-6-8-16)12-9-11(17-2)3-4-13(12)14;;/h3-4,9-10,15H,5-8H2,1-2H3;2*1H/t10-;;/m1../s1. The maximum atomic E-state index is 13.8. The van der Waals surface area contributed by atoms with E-state index < -0.39 is 0 Å². The van der Waals surface area contributed by atoms with Crippen molar-refractivity contribution in [3.63, 3.8) is 0 Å². The molecule has 0 spiro atoms. The van der Waals surface area contributed by atoms with Crippen molar-refractivity contribution in [1.82, 2.24) is 10.2 Å². The van der Waals surface area contributed by atoms with E-state index >= 15 is 0 Å². The van der Waals surface area contributed by atoms with Crippen molar-refractivity contribution in [1.29, 1.82) is 0 Å². The zero-order chi connectivity index (χ0) is 12.3. The van der Waals surface area contributed by atoms with E-state index in [1.54, 1.807) is 19.2 Å². The fourth-order valence-electron chi connectivity index (χ4n) is 2.24. The van der Waals surface area contributed by atoms with Crippen LogP contribution in [-0.4, -0.2) is 38.2 Å². The lowest BCUT2D eigenvalue weighted by Crippen LogP contribution is -2.44. The van der Waals surface area contributed by atoms with Gasteiger partial charge in [0.1, 0.15) is 11.6 Å². The molecule has 0 saturated carbocycles. The number of rotatable bonds is 3. The van der Waals surface area contributed by atoms with Crippen LogP contribution in [0.25, 0.3) is 0 Å². The summed E-state index contributed by atoms with van der Waals surface area (Å²) in [4.78, 5) is 2.29. The third-order valence-electron chi connectivity index (χ3n) is 3.35. The molecule has 3 nitrogen and oxygen atoms in total. The van der Waals surface area contributed by atoms with E-state index in [0.29, 0.717) is 11.3 Å². The Labute approximate surface area is 126 Å². The molecular weight excluding hydrogens is 290 g/mol. The molecule has 1 aliphatic heterocycles. The van der Waals surface area contributed by atoms with Gasteiger partial charge >= 0.3 is 0 Å². The number of ether oxygens (including phenoxy) is 1. The first-order valence-corrected chi connectivity index (χ1v) is 6.00. The molecule has 1 saturated heterocycles. The minimum Gasteiger partial charge on any atom is -0.497 e.